The second kappa shape index (κ2) is 8.13. The number of benzene rings is 2. The van der Waals surface area contributed by atoms with E-state index in [9.17, 15) is 13.2 Å². The van der Waals surface area contributed by atoms with Crippen molar-refractivity contribution in [2.24, 2.45) is 0 Å². The Morgan fingerprint density at radius 2 is 1.71 bits per heavy atom. The predicted molar refractivity (Wildman–Crippen MR) is 113 cm³/mol. The van der Waals surface area contributed by atoms with Crippen LogP contribution in [0.1, 0.15) is 43.0 Å². The number of aryl methyl sites for hydroxylation is 2. The van der Waals surface area contributed by atoms with E-state index in [1.165, 1.54) is 17.5 Å². The van der Waals surface area contributed by atoms with Crippen LogP contribution in [0.3, 0.4) is 0 Å². The van der Waals surface area contributed by atoms with Gasteiger partial charge in [-0.15, -0.1) is 0 Å². The zero-order chi connectivity index (χ0) is 20.5. The molecule has 150 valence electrons. The minimum Gasteiger partial charge on any atom is -0.348 e. The van der Waals surface area contributed by atoms with Crippen LogP contribution in [-0.2, 0) is 27.7 Å². The first-order valence-electron chi connectivity index (χ1n) is 9.34. The Bertz CT molecular complexity index is 974. The zero-order valence-electron chi connectivity index (χ0n) is 16.3. The number of halogens is 1. The topological polar surface area (TPSA) is 66.5 Å². The van der Waals surface area contributed by atoms with Crippen LogP contribution in [0.4, 0.5) is 5.69 Å². The molecular weight excluding hydrogens is 396 g/mol. The molecule has 2 atom stereocenters. The lowest BCUT2D eigenvalue weighted by Gasteiger charge is -2.29. The number of anilines is 1. The van der Waals surface area contributed by atoms with Crippen LogP contribution in [0.25, 0.3) is 0 Å². The second-order valence-electron chi connectivity index (χ2n) is 7.32. The van der Waals surface area contributed by atoms with Crippen LogP contribution in [-0.4, -0.2) is 26.6 Å². The third-order valence-electron chi connectivity index (χ3n) is 5.15. The number of amides is 1. The first-order chi connectivity index (χ1) is 13.2. The average Bonchev–Trinajstić information content (AvgIpc) is 3.10. The van der Waals surface area contributed by atoms with Gasteiger partial charge in [-0.05, 0) is 74.1 Å². The van der Waals surface area contributed by atoms with Crippen LogP contribution >= 0.6 is 11.6 Å². The molecule has 2 aromatic carbocycles. The first-order valence-corrected chi connectivity index (χ1v) is 11.6. The van der Waals surface area contributed by atoms with Gasteiger partial charge in [0.25, 0.3) is 0 Å². The molecule has 0 aromatic heterocycles. The Balaban J connectivity index is 1.78. The molecule has 1 aliphatic carbocycles. The van der Waals surface area contributed by atoms with E-state index in [-0.39, 0.29) is 11.9 Å². The second-order valence-corrected chi connectivity index (χ2v) is 9.62. The van der Waals surface area contributed by atoms with Gasteiger partial charge in [-0.25, -0.2) is 8.42 Å². The van der Waals surface area contributed by atoms with Gasteiger partial charge in [0.15, 0.2) is 0 Å². The average molecular weight is 421 g/mol. The maximum atomic E-state index is 12.8. The number of rotatable bonds is 6. The minimum absolute atomic E-state index is 0.215. The molecule has 0 fully saturated rings. The molecule has 0 saturated heterocycles. The fourth-order valence-corrected chi connectivity index (χ4v) is 4.98. The highest BCUT2D eigenvalue weighted by atomic mass is 35.5. The molecule has 1 aliphatic rings. The van der Waals surface area contributed by atoms with E-state index < -0.39 is 16.1 Å². The van der Waals surface area contributed by atoms with Gasteiger partial charge >= 0.3 is 0 Å². The lowest BCUT2D eigenvalue weighted by Crippen LogP contribution is -2.48. The largest absolute Gasteiger partial charge is 0.348 e. The first kappa shape index (κ1) is 20.7. The standard InChI is InChI=1S/C21H25ClN2O3S/c1-14(17-8-7-16-5-4-6-18(16)13-17)23-21(25)15(2)24(28(3,26)27)20-11-9-19(22)10-12-20/h7-15H,4-6H2,1-3H3,(H,23,25). The molecule has 3 rings (SSSR count). The summed E-state index contributed by atoms with van der Waals surface area (Å²) in [5.74, 6) is -0.353. The van der Waals surface area contributed by atoms with Gasteiger partial charge in [-0.3, -0.25) is 9.10 Å². The number of nitrogens with one attached hydrogen (secondary N) is 1. The molecule has 0 saturated carbocycles. The number of hydrogen-bond acceptors (Lipinski definition) is 3. The summed E-state index contributed by atoms with van der Waals surface area (Å²) in [6, 6.07) is 11.6. The zero-order valence-corrected chi connectivity index (χ0v) is 17.8. The van der Waals surface area contributed by atoms with E-state index in [0.29, 0.717) is 10.7 Å². The van der Waals surface area contributed by atoms with E-state index in [2.05, 4.69) is 17.4 Å². The maximum Gasteiger partial charge on any atom is 0.244 e. The Kier molecular flexibility index (Phi) is 6.01. The molecule has 0 radical (unpaired) electrons. The van der Waals surface area contributed by atoms with Gasteiger partial charge < -0.3 is 5.32 Å². The van der Waals surface area contributed by atoms with Crippen LogP contribution < -0.4 is 9.62 Å². The number of carbonyl (C=O) groups is 1. The lowest BCUT2D eigenvalue weighted by atomic mass is 10.0. The van der Waals surface area contributed by atoms with Crippen molar-refractivity contribution in [2.45, 2.75) is 45.2 Å². The highest BCUT2D eigenvalue weighted by Crippen LogP contribution is 2.26. The summed E-state index contributed by atoms with van der Waals surface area (Å²) in [4.78, 5) is 12.8. The van der Waals surface area contributed by atoms with E-state index in [4.69, 9.17) is 11.6 Å². The van der Waals surface area contributed by atoms with Crippen molar-refractivity contribution in [2.75, 3.05) is 10.6 Å². The van der Waals surface area contributed by atoms with Crippen molar-refractivity contribution >= 4 is 33.2 Å². The van der Waals surface area contributed by atoms with Crippen molar-refractivity contribution < 1.29 is 13.2 Å². The fourth-order valence-electron chi connectivity index (χ4n) is 3.68. The summed E-state index contributed by atoms with van der Waals surface area (Å²) in [7, 11) is -3.65. The Labute approximate surface area is 171 Å². The monoisotopic (exact) mass is 420 g/mol. The number of hydrogen-bond donors (Lipinski definition) is 1. The molecule has 2 aromatic rings. The van der Waals surface area contributed by atoms with Gasteiger partial charge in [-0.2, -0.15) is 0 Å². The third-order valence-corrected chi connectivity index (χ3v) is 6.64. The van der Waals surface area contributed by atoms with Crippen LogP contribution in [0.2, 0.25) is 5.02 Å². The molecule has 0 aliphatic heterocycles. The predicted octanol–water partition coefficient (Wildman–Crippen LogP) is 3.86. The molecule has 7 heteroatoms. The summed E-state index contributed by atoms with van der Waals surface area (Å²) in [6.07, 6.45) is 4.44. The number of carbonyl (C=O) groups excluding carboxylic acids is 1. The number of sulfonamides is 1. The van der Waals surface area contributed by atoms with Crippen molar-refractivity contribution in [1.29, 1.82) is 0 Å². The number of nitrogens with zero attached hydrogens (tertiary/aromatic N) is 1. The van der Waals surface area contributed by atoms with E-state index in [0.717, 1.165) is 29.0 Å². The highest BCUT2D eigenvalue weighted by Gasteiger charge is 2.30. The summed E-state index contributed by atoms with van der Waals surface area (Å²) in [5, 5.41) is 3.45. The van der Waals surface area contributed by atoms with Gasteiger partial charge in [0.05, 0.1) is 18.0 Å². The molecule has 5 nitrogen and oxygen atoms in total. The molecule has 0 spiro atoms. The molecule has 1 amide bonds. The smallest absolute Gasteiger partial charge is 0.244 e. The fraction of sp³-hybridized carbons (Fsp3) is 0.381. The van der Waals surface area contributed by atoms with Gasteiger partial charge in [0, 0.05) is 5.02 Å². The van der Waals surface area contributed by atoms with E-state index in [1.807, 2.05) is 13.0 Å². The molecular formula is C21H25ClN2O3S. The van der Waals surface area contributed by atoms with E-state index in [1.54, 1.807) is 31.2 Å². The van der Waals surface area contributed by atoms with E-state index >= 15 is 0 Å². The van der Waals surface area contributed by atoms with Gasteiger partial charge in [0.1, 0.15) is 6.04 Å². The maximum absolute atomic E-state index is 12.8. The van der Waals surface area contributed by atoms with Crippen molar-refractivity contribution in [1.82, 2.24) is 5.32 Å². The molecule has 1 N–H and O–H groups in total. The van der Waals surface area contributed by atoms with Gasteiger partial charge in [0.2, 0.25) is 15.9 Å². The Hall–Kier alpha value is -2.05. The van der Waals surface area contributed by atoms with Crippen molar-refractivity contribution in [3.63, 3.8) is 0 Å². The summed E-state index contributed by atoms with van der Waals surface area (Å²) in [6.45, 7) is 3.49. The Morgan fingerprint density at radius 1 is 1.07 bits per heavy atom. The highest BCUT2D eigenvalue weighted by molar-refractivity contribution is 7.92. The normalized spacial score (nSPS) is 15.6. The van der Waals surface area contributed by atoms with Crippen LogP contribution in [0.5, 0.6) is 0 Å². The van der Waals surface area contributed by atoms with Crippen molar-refractivity contribution in [3.8, 4) is 0 Å². The quantitative estimate of drug-likeness (QED) is 0.771. The van der Waals surface area contributed by atoms with Gasteiger partial charge in [-0.1, -0.05) is 29.8 Å². The summed E-state index contributed by atoms with van der Waals surface area (Å²) >= 11 is 5.90. The molecule has 2 unspecified atom stereocenters. The molecule has 0 heterocycles. The summed E-state index contributed by atoms with van der Waals surface area (Å²) in [5.41, 5.74) is 4.14. The Morgan fingerprint density at radius 3 is 2.36 bits per heavy atom. The molecule has 0 bridgehead atoms. The van der Waals surface area contributed by atoms with Crippen LogP contribution in [0.15, 0.2) is 42.5 Å². The van der Waals surface area contributed by atoms with Crippen LogP contribution in [0, 0.1) is 0 Å². The van der Waals surface area contributed by atoms with Crippen molar-refractivity contribution in [3.05, 3.63) is 64.2 Å². The minimum atomic E-state index is -3.65. The molecule has 28 heavy (non-hydrogen) atoms. The number of fused-ring (bicyclic) bond motifs is 1. The lowest BCUT2D eigenvalue weighted by molar-refractivity contribution is -0.122. The summed E-state index contributed by atoms with van der Waals surface area (Å²) < 4.78 is 25.8. The SMILES string of the molecule is CC(NC(=O)C(C)N(c1ccc(Cl)cc1)S(C)(=O)=O)c1ccc2c(c1)CCC2. The third kappa shape index (κ3) is 4.50.